The molecule has 19 heavy (non-hydrogen) atoms. The van der Waals surface area contributed by atoms with Gasteiger partial charge in [-0.2, -0.15) is 0 Å². The second kappa shape index (κ2) is 6.02. The molecule has 1 aromatic carbocycles. The second-order valence-corrected chi connectivity index (χ2v) is 6.24. The van der Waals surface area contributed by atoms with E-state index in [-0.39, 0.29) is 11.9 Å². The number of benzene rings is 1. The maximum atomic E-state index is 13.6. The van der Waals surface area contributed by atoms with Crippen LogP contribution in [0.4, 0.5) is 4.39 Å². The summed E-state index contributed by atoms with van der Waals surface area (Å²) in [5.41, 5.74) is 0.952. The Bertz CT molecular complexity index is 419. The van der Waals surface area contributed by atoms with Gasteiger partial charge in [-0.15, -0.1) is 0 Å². The highest BCUT2D eigenvalue weighted by Gasteiger charge is 2.34. The average Bonchev–Trinajstić information content (AvgIpc) is 2.37. The van der Waals surface area contributed by atoms with E-state index in [0.29, 0.717) is 23.6 Å². The van der Waals surface area contributed by atoms with Crippen molar-refractivity contribution in [2.75, 3.05) is 7.05 Å². The molecule has 1 aromatic rings. The van der Waals surface area contributed by atoms with Crippen molar-refractivity contribution < 1.29 is 9.13 Å². The quantitative estimate of drug-likeness (QED) is 0.899. The van der Waals surface area contributed by atoms with E-state index in [1.165, 1.54) is 12.5 Å². The van der Waals surface area contributed by atoms with Gasteiger partial charge < -0.3 is 10.1 Å². The fraction of sp³-hybridized carbons (Fsp3) is 0.625. The maximum absolute atomic E-state index is 13.6. The Hall–Kier alpha value is -0.930. The molecule has 2 unspecified atom stereocenters. The molecule has 2 rings (SSSR count). The molecular formula is C16H24FNO. The summed E-state index contributed by atoms with van der Waals surface area (Å²) in [7, 11) is 1.97. The number of halogens is 1. The maximum Gasteiger partial charge on any atom is 0.128 e. The van der Waals surface area contributed by atoms with E-state index in [4.69, 9.17) is 4.74 Å². The third kappa shape index (κ3) is 3.77. The third-order valence-electron chi connectivity index (χ3n) is 4.12. The van der Waals surface area contributed by atoms with Crippen LogP contribution in [-0.4, -0.2) is 19.2 Å². The summed E-state index contributed by atoms with van der Waals surface area (Å²) in [6, 6.07) is 7.21. The van der Waals surface area contributed by atoms with Crippen molar-refractivity contribution in [3.63, 3.8) is 0 Å². The lowest BCUT2D eigenvalue weighted by molar-refractivity contribution is -0.0362. The molecule has 2 nitrogen and oxygen atoms in total. The van der Waals surface area contributed by atoms with Gasteiger partial charge in [0.25, 0.3) is 0 Å². The normalized spacial score (nSPS) is 26.3. The molecule has 2 atom stereocenters. The summed E-state index contributed by atoms with van der Waals surface area (Å²) in [4.78, 5) is 0. The van der Waals surface area contributed by atoms with Gasteiger partial charge in [0, 0.05) is 11.6 Å². The Labute approximate surface area is 115 Å². The Morgan fingerprint density at radius 1 is 1.37 bits per heavy atom. The molecular weight excluding hydrogens is 241 g/mol. The summed E-state index contributed by atoms with van der Waals surface area (Å²) in [6.07, 6.45) is 3.50. The Kier molecular flexibility index (Phi) is 4.58. The highest BCUT2D eigenvalue weighted by atomic mass is 19.1. The molecule has 0 spiro atoms. The van der Waals surface area contributed by atoms with Gasteiger partial charge >= 0.3 is 0 Å². The van der Waals surface area contributed by atoms with E-state index in [2.05, 4.69) is 19.2 Å². The van der Waals surface area contributed by atoms with Crippen LogP contribution in [0.15, 0.2) is 24.3 Å². The average molecular weight is 265 g/mol. The molecule has 1 saturated carbocycles. The van der Waals surface area contributed by atoms with Gasteiger partial charge in [0.05, 0.1) is 12.7 Å². The van der Waals surface area contributed by atoms with Crippen LogP contribution < -0.4 is 5.32 Å². The standard InChI is InChI=1S/C16H24FNO/c1-16(2)9-8-14(18-3)15(10-16)19-11-12-6-4-5-7-13(12)17/h4-7,14-15,18H,8-11H2,1-3H3. The van der Waals surface area contributed by atoms with Crippen molar-refractivity contribution in [3.05, 3.63) is 35.6 Å². The van der Waals surface area contributed by atoms with Crippen molar-refractivity contribution in [1.82, 2.24) is 5.32 Å². The molecule has 0 amide bonds. The highest BCUT2D eigenvalue weighted by Crippen LogP contribution is 2.36. The summed E-state index contributed by atoms with van der Waals surface area (Å²) in [6.45, 7) is 4.91. The second-order valence-electron chi connectivity index (χ2n) is 6.24. The first-order valence-electron chi connectivity index (χ1n) is 7.04. The number of rotatable bonds is 4. The van der Waals surface area contributed by atoms with E-state index in [9.17, 15) is 4.39 Å². The van der Waals surface area contributed by atoms with Crippen LogP contribution in [0.2, 0.25) is 0 Å². The fourth-order valence-corrected chi connectivity index (χ4v) is 2.84. The van der Waals surface area contributed by atoms with Gasteiger partial charge in [-0.3, -0.25) is 0 Å². The van der Waals surface area contributed by atoms with Gasteiger partial charge in [-0.05, 0) is 37.8 Å². The molecule has 0 bridgehead atoms. The zero-order chi connectivity index (χ0) is 13.9. The largest absolute Gasteiger partial charge is 0.372 e. The van der Waals surface area contributed by atoms with Crippen LogP contribution in [0.5, 0.6) is 0 Å². The minimum absolute atomic E-state index is 0.161. The lowest BCUT2D eigenvalue weighted by Crippen LogP contribution is -2.46. The van der Waals surface area contributed by atoms with Crippen molar-refractivity contribution in [1.29, 1.82) is 0 Å². The molecule has 0 aliphatic heterocycles. The summed E-state index contributed by atoms with van der Waals surface area (Å²) in [5.74, 6) is -0.182. The van der Waals surface area contributed by atoms with Gasteiger partial charge in [0.2, 0.25) is 0 Å². The van der Waals surface area contributed by atoms with E-state index in [1.807, 2.05) is 13.1 Å². The Balaban J connectivity index is 1.98. The SMILES string of the molecule is CNC1CCC(C)(C)CC1OCc1ccccc1F. The van der Waals surface area contributed by atoms with Crippen LogP contribution in [0, 0.1) is 11.2 Å². The molecule has 1 aliphatic carbocycles. The van der Waals surface area contributed by atoms with Crippen LogP contribution in [0.3, 0.4) is 0 Å². The van der Waals surface area contributed by atoms with Crippen molar-refractivity contribution in [2.45, 2.75) is 51.9 Å². The fourth-order valence-electron chi connectivity index (χ4n) is 2.84. The van der Waals surface area contributed by atoms with Gasteiger partial charge in [0.15, 0.2) is 0 Å². The topological polar surface area (TPSA) is 21.3 Å². The number of nitrogens with one attached hydrogen (secondary N) is 1. The van der Waals surface area contributed by atoms with Crippen LogP contribution in [0.25, 0.3) is 0 Å². The Morgan fingerprint density at radius 2 is 2.11 bits per heavy atom. The predicted molar refractivity (Wildman–Crippen MR) is 75.5 cm³/mol. The summed E-state index contributed by atoms with van der Waals surface area (Å²) >= 11 is 0. The predicted octanol–water partition coefficient (Wildman–Crippen LogP) is 3.51. The summed E-state index contributed by atoms with van der Waals surface area (Å²) in [5, 5.41) is 3.32. The highest BCUT2D eigenvalue weighted by molar-refractivity contribution is 5.16. The van der Waals surface area contributed by atoms with E-state index >= 15 is 0 Å². The molecule has 0 aromatic heterocycles. The molecule has 0 heterocycles. The third-order valence-corrected chi connectivity index (χ3v) is 4.12. The van der Waals surface area contributed by atoms with Crippen LogP contribution >= 0.6 is 0 Å². The summed E-state index contributed by atoms with van der Waals surface area (Å²) < 4.78 is 19.6. The molecule has 0 radical (unpaired) electrons. The first-order chi connectivity index (χ1) is 9.02. The van der Waals surface area contributed by atoms with Crippen LogP contribution in [0.1, 0.15) is 38.7 Å². The lowest BCUT2D eigenvalue weighted by Gasteiger charge is -2.40. The van der Waals surface area contributed by atoms with E-state index in [1.54, 1.807) is 12.1 Å². The van der Waals surface area contributed by atoms with Gasteiger partial charge in [-0.1, -0.05) is 32.0 Å². The molecule has 1 N–H and O–H groups in total. The van der Waals surface area contributed by atoms with E-state index in [0.717, 1.165) is 12.8 Å². The van der Waals surface area contributed by atoms with Crippen molar-refractivity contribution >= 4 is 0 Å². The van der Waals surface area contributed by atoms with Crippen molar-refractivity contribution in [3.8, 4) is 0 Å². The molecule has 106 valence electrons. The number of likely N-dealkylation sites (N-methyl/N-ethyl adjacent to an activating group) is 1. The molecule has 3 heteroatoms. The van der Waals surface area contributed by atoms with Crippen LogP contribution in [-0.2, 0) is 11.3 Å². The minimum Gasteiger partial charge on any atom is -0.372 e. The smallest absolute Gasteiger partial charge is 0.128 e. The zero-order valence-corrected chi connectivity index (χ0v) is 12.1. The zero-order valence-electron chi connectivity index (χ0n) is 12.1. The first-order valence-corrected chi connectivity index (χ1v) is 7.04. The molecule has 1 aliphatic rings. The Morgan fingerprint density at radius 3 is 2.79 bits per heavy atom. The molecule has 1 fully saturated rings. The lowest BCUT2D eigenvalue weighted by atomic mass is 9.74. The minimum atomic E-state index is -0.182. The molecule has 0 saturated heterocycles. The number of ether oxygens (including phenoxy) is 1. The van der Waals surface area contributed by atoms with Gasteiger partial charge in [0.1, 0.15) is 5.82 Å². The van der Waals surface area contributed by atoms with Crippen molar-refractivity contribution in [2.24, 2.45) is 5.41 Å². The monoisotopic (exact) mass is 265 g/mol. The first kappa shape index (κ1) is 14.5. The number of hydrogen-bond acceptors (Lipinski definition) is 2. The number of hydrogen-bond donors (Lipinski definition) is 1. The van der Waals surface area contributed by atoms with E-state index < -0.39 is 0 Å². The van der Waals surface area contributed by atoms with Gasteiger partial charge in [-0.25, -0.2) is 4.39 Å².